The second kappa shape index (κ2) is 6.75. The fourth-order valence-electron chi connectivity index (χ4n) is 1.93. The topological polar surface area (TPSA) is 54.1 Å². The van der Waals surface area contributed by atoms with Gasteiger partial charge in [0, 0.05) is 26.2 Å². The van der Waals surface area contributed by atoms with Crippen LogP contribution in [0.2, 0.25) is 0 Å². The highest BCUT2D eigenvalue weighted by Gasteiger charge is 2.27. The summed E-state index contributed by atoms with van der Waals surface area (Å²) in [4.78, 5) is 8.76. The minimum absolute atomic E-state index is 0. The standard InChI is InChI=1S/C11H22N4O.HI/c1-14-5-6-16-10(8-14)7-13-11(12)15(2)9-3-4-9;/h9-10H,3-8H2,1-2H3,(H2,12,13);1H. The highest BCUT2D eigenvalue weighted by Crippen LogP contribution is 2.24. The largest absolute Gasteiger partial charge is 0.374 e. The van der Waals surface area contributed by atoms with E-state index in [9.17, 15) is 0 Å². The van der Waals surface area contributed by atoms with Crippen molar-refractivity contribution in [3.63, 3.8) is 0 Å². The van der Waals surface area contributed by atoms with E-state index >= 15 is 0 Å². The third-order valence-electron chi connectivity index (χ3n) is 3.25. The molecule has 0 radical (unpaired) electrons. The summed E-state index contributed by atoms with van der Waals surface area (Å²) in [5.74, 6) is 0.652. The van der Waals surface area contributed by atoms with Crippen molar-refractivity contribution in [1.29, 1.82) is 0 Å². The van der Waals surface area contributed by atoms with Crippen molar-refractivity contribution in [3.8, 4) is 0 Å². The maximum absolute atomic E-state index is 5.92. The van der Waals surface area contributed by atoms with Crippen LogP contribution in [0.5, 0.6) is 0 Å². The molecule has 6 heteroatoms. The molecule has 100 valence electrons. The fraction of sp³-hybridized carbons (Fsp3) is 0.909. The van der Waals surface area contributed by atoms with Crippen LogP contribution < -0.4 is 5.73 Å². The Kier molecular flexibility index (Phi) is 5.94. The van der Waals surface area contributed by atoms with E-state index in [1.54, 1.807) is 0 Å². The summed E-state index contributed by atoms with van der Waals surface area (Å²) in [7, 11) is 4.13. The third kappa shape index (κ3) is 4.59. The van der Waals surface area contributed by atoms with Crippen LogP contribution in [0.25, 0.3) is 0 Å². The molecule has 1 heterocycles. The predicted molar refractivity (Wildman–Crippen MR) is 79.9 cm³/mol. The average Bonchev–Trinajstić information content (AvgIpc) is 3.09. The molecule has 1 aliphatic carbocycles. The van der Waals surface area contributed by atoms with Gasteiger partial charge in [-0.3, -0.25) is 4.99 Å². The fourth-order valence-corrected chi connectivity index (χ4v) is 1.93. The number of nitrogens with zero attached hydrogens (tertiary/aromatic N) is 3. The Balaban J connectivity index is 0.00000144. The Labute approximate surface area is 120 Å². The average molecular weight is 354 g/mol. The highest BCUT2D eigenvalue weighted by molar-refractivity contribution is 14.0. The van der Waals surface area contributed by atoms with Crippen molar-refractivity contribution >= 4 is 29.9 Å². The molecule has 1 atom stereocenters. The van der Waals surface area contributed by atoms with Gasteiger partial charge in [-0.2, -0.15) is 0 Å². The lowest BCUT2D eigenvalue weighted by Gasteiger charge is -2.29. The quantitative estimate of drug-likeness (QED) is 0.451. The van der Waals surface area contributed by atoms with Gasteiger partial charge >= 0.3 is 0 Å². The number of rotatable bonds is 3. The van der Waals surface area contributed by atoms with E-state index in [1.807, 2.05) is 7.05 Å². The van der Waals surface area contributed by atoms with Crippen molar-refractivity contribution in [2.24, 2.45) is 10.7 Å². The van der Waals surface area contributed by atoms with Gasteiger partial charge in [0.1, 0.15) is 0 Å². The van der Waals surface area contributed by atoms with E-state index in [0.29, 0.717) is 18.5 Å². The molecule has 17 heavy (non-hydrogen) atoms. The summed E-state index contributed by atoms with van der Waals surface area (Å²) in [6.45, 7) is 3.43. The first-order chi connectivity index (χ1) is 7.66. The Morgan fingerprint density at radius 3 is 2.82 bits per heavy atom. The zero-order valence-electron chi connectivity index (χ0n) is 10.6. The second-order valence-electron chi connectivity index (χ2n) is 4.80. The van der Waals surface area contributed by atoms with E-state index in [1.165, 1.54) is 12.8 Å². The van der Waals surface area contributed by atoms with E-state index in [0.717, 1.165) is 19.7 Å². The number of hydrogen-bond acceptors (Lipinski definition) is 3. The van der Waals surface area contributed by atoms with Crippen LogP contribution in [-0.2, 0) is 4.74 Å². The molecule has 1 aliphatic heterocycles. The van der Waals surface area contributed by atoms with E-state index in [4.69, 9.17) is 10.5 Å². The van der Waals surface area contributed by atoms with Gasteiger partial charge < -0.3 is 20.3 Å². The lowest BCUT2D eigenvalue weighted by Crippen LogP contribution is -2.42. The van der Waals surface area contributed by atoms with Crippen LogP contribution in [0, 0.1) is 0 Å². The summed E-state index contributed by atoms with van der Waals surface area (Å²) in [5.41, 5.74) is 5.92. The first-order valence-electron chi connectivity index (χ1n) is 5.99. The molecule has 1 saturated heterocycles. The molecule has 0 spiro atoms. The van der Waals surface area contributed by atoms with Crippen LogP contribution in [-0.4, -0.2) is 68.2 Å². The van der Waals surface area contributed by atoms with Crippen molar-refractivity contribution < 1.29 is 4.74 Å². The summed E-state index contributed by atoms with van der Waals surface area (Å²) in [6.07, 6.45) is 2.69. The Morgan fingerprint density at radius 2 is 2.24 bits per heavy atom. The lowest BCUT2D eigenvalue weighted by molar-refractivity contribution is -0.0137. The van der Waals surface area contributed by atoms with Gasteiger partial charge in [-0.1, -0.05) is 0 Å². The predicted octanol–water partition coefficient (Wildman–Crippen LogP) is 0.344. The molecule has 0 aromatic heterocycles. The number of aliphatic imine (C=N–C) groups is 1. The zero-order valence-corrected chi connectivity index (χ0v) is 13.0. The Hall–Kier alpha value is -0.0800. The highest BCUT2D eigenvalue weighted by atomic mass is 127. The SMILES string of the molecule is CN1CCOC(CN=C(N)N(C)C2CC2)C1.I. The van der Waals surface area contributed by atoms with E-state index in [-0.39, 0.29) is 30.1 Å². The minimum atomic E-state index is 0. The lowest BCUT2D eigenvalue weighted by atomic mass is 10.3. The number of likely N-dealkylation sites (N-methyl/N-ethyl adjacent to an activating group) is 1. The smallest absolute Gasteiger partial charge is 0.191 e. The second-order valence-corrected chi connectivity index (χ2v) is 4.80. The normalized spacial score (nSPS) is 26.5. The number of halogens is 1. The molecular weight excluding hydrogens is 331 g/mol. The van der Waals surface area contributed by atoms with Crippen LogP contribution in [0.1, 0.15) is 12.8 Å². The number of ether oxygens (including phenoxy) is 1. The van der Waals surface area contributed by atoms with Crippen LogP contribution in [0.15, 0.2) is 4.99 Å². The first kappa shape index (κ1) is 15.0. The Morgan fingerprint density at radius 1 is 1.53 bits per heavy atom. The van der Waals surface area contributed by atoms with Crippen molar-refractivity contribution in [2.45, 2.75) is 25.0 Å². The summed E-state index contributed by atoms with van der Waals surface area (Å²) >= 11 is 0. The molecule has 1 unspecified atom stereocenters. The molecule has 2 aliphatic rings. The summed E-state index contributed by atoms with van der Waals surface area (Å²) in [6, 6.07) is 0.624. The molecule has 0 aromatic rings. The summed E-state index contributed by atoms with van der Waals surface area (Å²) in [5, 5.41) is 0. The van der Waals surface area contributed by atoms with Crippen LogP contribution in [0.3, 0.4) is 0 Å². The molecule has 1 saturated carbocycles. The number of hydrogen-bond donors (Lipinski definition) is 1. The molecule has 2 rings (SSSR count). The number of guanidine groups is 1. The maximum Gasteiger partial charge on any atom is 0.191 e. The van der Waals surface area contributed by atoms with Crippen molar-refractivity contribution in [3.05, 3.63) is 0 Å². The number of nitrogens with two attached hydrogens (primary N) is 1. The monoisotopic (exact) mass is 354 g/mol. The van der Waals surface area contributed by atoms with Crippen LogP contribution in [0.4, 0.5) is 0 Å². The zero-order chi connectivity index (χ0) is 11.5. The van der Waals surface area contributed by atoms with Gasteiger partial charge in [0.05, 0.1) is 19.3 Å². The van der Waals surface area contributed by atoms with Crippen molar-refractivity contribution in [2.75, 3.05) is 40.3 Å². The number of morpholine rings is 1. The first-order valence-corrected chi connectivity index (χ1v) is 5.99. The van der Waals surface area contributed by atoms with Gasteiger partial charge in [0.15, 0.2) is 5.96 Å². The van der Waals surface area contributed by atoms with E-state index in [2.05, 4.69) is 21.8 Å². The van der Waals surface area contributed by atoms with Crippen molar-refractivity contribution in [1.82, 2.24) is 9.80 Å². The minimum Gasteiger partial charge on any atom is -0.374 e. The molecule has 5 nitrogen and oxygen atoms in total. The van der Waals surface area contributed by atoms with Gasteiger partial charge in [-0.15, -0.1) is 24.0 Å². The van der Waals surface area contributed by atoms with Gasteiger partial charge in [-0.05, 0) is 19.9 Å². The van der Waals surface area contributed by atoms with Gasteiger partial charge in [0.2, 0.25) is 0 Å². The molecule has 0 amide bonds. The van der Waals surface area contributed by atoms with E-state index < -0.39 is 0 Å². The molecule has 0 aromatic carbocycles. The molecule has 0 bridgehead atoms. The molecule has 2 fully saturated rings. The van der Waals surface area contributed by atoms with Gasteiger partial charge in [-0.25, -0.2) is 0 Å². The molecular formula is C11H23IN4O. The third-order valence-corrected chi connectivity index (χ3v) is 3.25. The Bertz CT molecular complexity index is 270. The van der Waals surface area contributed by atoms with Crippen LogP contribution >= 0.6 is 24.0 Å². The maximum atomic E-state index is 5.92. The van der Waals surface area contributed by atoms with Gasteiger partial charge in [0.25, 0.3) is 0 Å². The summed E-state index contributed by atoms with van der Waals surface area (Å²) < 4.78 is 5.63. The molecule has 2 N–H and O–H groups in total.